The molecule has 2 aromatic heterocycles. The lowest BCUT2D eigenvalue weighted by Gasteiger charge is -2.46. The summed E-state index contributed by atoms with van der Waals surface area (Å²) < 4.78 is 9.16. The van der Waals surface area contributed by atoms with Crippen LogP contribution in [-0.4, -0.2) is 10.1 Å². The summed E-state index contributed by atoms with van der Waals surface area (Å²) >= 11 is 0. The normalized spacial score (nSPS) is 19.8. The van der Waals surface area contributed by atoms with Gasteiger partial charge in [-0.2, -0.15) is 0 Å². The van der Waals surface area contributed by atoms with Crippen LogP contribution in [0.1, 0.15) is 71.5 Å². The molecule has 0 fully saturated rings. The second kappa shape index (κ2) is 13.3. The van der Waals surface area contributed by atoms with Crippen LogP contribution in [0.15, 0.2) is 192 Å². The molecular formula is C57H46N2O. The first kappa shape index (κ1) is 35.1. The molecule has 0 spiro atoms. The Morgan fingerprint density at radius 3 is 2.17 bits per heavy atom. The Bertz CT molecular complexity index is 3080. The maximum absolute atomic E-state index is 6.62. The van der Waals surface area contributed by atoms with Crippen LogP contribution in [0.25, 0.3) is 45.4 Å². The number of nitrogens with zero attached hydrogens (tertiary/aromatic N) is 2. The number of aromatic nitrogens is 1. The second-order valence-electron chi connectivity index (χ2n) is 17.5. The molecule has 6 aromatic carbocycles. The first-order chi connectivity index (χ1) is 29.5. The highest BCUT2D eigenvalue weighted by molar-refractivity contribution is 6.06. The molecule has 0 aliphatic heterocycles. The third-order valence-electron chi connectivity index (χ3n) is 13.8. The van der Waals surface area contributed by atoms with E-state index >= 15 is 0 Å². The van der Waals surface area contributed by atoms with Gasteiger partial charge in [-0.05, 0) is 120 Å². The molecule has 0 N–H and O–H groups in total. The van der Waals surface area contributed by atoms with Gasteiger partial charge in [0.15, 0.2) is 0 Å². The van der Waals surface area contributed by atoms with Gasteiger partial charge in [0.2, 0.25) is 0 Å². The molecule has 0 bridgehead atoms. The van der Waals surface area contributed by atoms with Crippen molar-refractivity contribution in [3.63, 3.8) is 0 Å². The maximum Gasteiger partial charge on any atom is 0.137 e. The highest BCUT2D eigenvalue weighted by Crippen LogP contribution is 2.60. The number of furan rings is 1. The van der Waals surface area contributed by atoms with Crippen LogP contribution in [0.2, 0.25) is 0 Å². The van der Waals surface area contributed by atoms with E-state index < -0.39 is 11.0 Å². The van der Waals surface area contributed by atoms with Crippen LogP contribution >= 0.6 is 0 Å². The van der Waals surface area contributed by atoms with E-state index in [4.69, 9.17) is 4.42 Å². The van der Waals surface area contributed by atoms with Crippen LogP contribution in [0.5, 0.6) is 0 Å². The Kier molecular flexibility index (Phi) is 7.81. The zero-order chi connectivity index (χ0) is 40.0. The second-order valence-corrected chi connectivity index (χ2v) is 17.5. The Balaban J connectivity index is 1.11. The van der Waals surface area contributed by atoms with E-state index in [-0.39, 0.29) is 0 Å². The predicted octanol–water partition coefficient (Wildman–Crippen LogP) is 13.9. The fourth-order valence-corrected chi connectivity index (χ4v) is 11.3. The Labute approximate surface area is 351 Å². The number of para-hydroxylation sites is 2. The SMILES string of the molecule is C[C@@H]1C=Cc2c(c3c(n2-c2ccccc2)CCC(N(c2ccc4c(c2)oc2ccccc24)C2(C)C=C4C(=CC2)c2ccccc2C4(c2ccccc2)c2ccccc2)=C3)C1. The average molecular weight is 775 g/mol. The molecule has 0 saturated heterocycles. The number of allylic oxidation sites excluding steroid dienone is 4. The first-order valence-electron chi connectivity index (χ1n) is 21.6. The van der Waals surface area contributed by atoms with Crippen LogP contribution < -0.4 is 4.90 Å². The van der Waals surface area contributed by atoms with Crippen molar-refractivity contribution in [1.82, 2.24) is 4.57 Å². The van der Waals surface area contributed by atoms with E-state index in [2.05, 4.69) is 211 Å². The Hall–Kier alpha value is -6.84. The maximum atomic E-state index is 6.62. The molecule has 4 aliphatic carbocycles. The van der Waals surface area contributed by atoms with Crippen molar-refractivity contribution in [2.24, 2.45) is 5.92 Å². The summed E-state index contributed by atoms with van der Waals surface area (Å²) in [7, 11) is 0. The topological polar surface area (TPSA) is 21.3 Å². The van der Waals surface area contributed by atoms with Gasteiger partial charge in [0, 0.05) is 50.9 Å². The summed E-state index contributed by atoms with van der Waals surface area (Å²) in [6.45, 7) is 4.81. The summed E-state index contributed by atoms with van der Waals surface area (Å²) in [5.41, 5.74) is 18.2. The van der Waals surface area contributed by atoms with E-state index in [0.717, 1.165) is 53.3 Å². The third kappa shape index (κ3) is 5.08. The molecule has 8 aromatic rings. The van der Waals surface area contributed by atoms with Gasteiger partial charge in [0.1, 0.15) is 11.2 Å². The van der Waals surface area contributed by atoms with Crippen LogP contribution in [0, 0.1) is 5.92 Å². The van der Waals surface area contributed by atoms with E-state index in [9.17, 15) is 0 Å². The van der Waals surface area contributed by atoms with Gasteiger partial charge in [0.05, 0.1) is 11.0 Å². The lowest BCUT2D eigenvalue weighted by molar-refractivity contribution is 0.533. The molecule has 3 nitrogen and oxygen atoms in total. The van der Waals surface area contributed by atoms with Crippen molar-refractivity contribution in [1.29, 1.82) is 0 Å². The standard InChI is InChI=1S/C57H46N2O/c1-38-26-30-52-48(34-38)49-35-42(28-31-53(49)58(52)41-20-10-5-11-21-41)59(43-27-29-47-46-23-13-15-25-54(46)60-55(47)36-43)56(2)33-32-45-44-22-12-14-24-50(44)57(51(45)37-56,39-16-6-3-7-17-39)40-18-8-4-9-19-40/h3-27,29-30,32,35-38H,28,31,33-34H2,1-2H3/t38-,56?/m1/s1. The zero-order valence-electron chi connectivity index (χ0n) is 34.1. The van der Waals surface area contributed by atoms with E-state index in [1.807, 2.05) is 0 Å². The molecule has 3 heteroatoms. The number of hydrogen-bond donors (Lipinski definition) is 0. The third-order valence-corrected chi connectivity index (χ3v) is 13.8. The van der Waals surface area contributed by atoms with Gasteiger partial charge >= 0.3 is 0 Å². The number of hydrogen-bond acceptors (Lipinski definition) is 2. The summed E-state index contributed by atoms with van der Waals surface area (Å²) in [5, 5.41) is 2.30. The monoisotopic (exact) mass is 774 g/mol. The van der Waals surface area contributed by atoms with Gasteiger partial charge < -0.3 is 13.9 Å². The minimum atomic E-state index is -0.483. The summed E-state index contributed by atoms with van der Waals surface area (Å²) in [4.78, 5) is 2.68. The van der Waals surface area contributed by atoms with Crippen LogP contribution in [-0.2, 0) is 18.3 Å². The van der Waals surface area contributed by atoms with Crippen molar-refractivity contribution in [3.8, 4) is 5.69 Å². The zero-order valence-corrected chi connectivity index (χ0v) is 34.1. The van der Waals surface area contributed by atoms with Gasteiger partial charge in [-0.3, -0.25) is 0 Å². The molecule has 2 atom stereocenters. The molecule has 1 unspecified atom stereocenters. The van der Waals surface area contributed by atoms with Gasteiger partial charge in [-0.15, -0.1) is 0 Å². The van der Waals surface area contributed by atoms with Crippen molar-refractivity contribution in [3.05, 3.63) is 232 Å². The lowest BCUT2D eigenvalue weighted by Crippen LogP contribution is -2.47. The molecule has 0 saturated carbocycles. The van der Waals surface area contributed by atoms with E-state index in [1.54, 1.807) is 0 Å². The van der Waals surface area contributed by atoms with Crippen molar-refractivity contribution in [2.45, 2.75) is 50.5 Å². The minimum absolute atomic E-state index is 0.423. The molecular weight excluding hydrogens is 729 g/mol. The number of benzene rings is 6. The number of fused-ring (bicyclic) bond motifs is 9. The van der Waals surface area contributed by atoms with Crippen molar-refractivity contribution >= 4 is 45.4 Å². The van der Waals surface area contributed by atoms with Crippen LogP contribution in [0.3, 0.4) is 0 Å². The molecule has 4 aliphatic rings. The highest BCUT2D eigenvalue weighted by Gasteiger charge is 2.51. The lowest BCUT2D eigenvalue weighted by atomic mass is 9.65. The number of rotatable bonds is 6. The quantitative estimate of drug-likeness (QED) is 0.168. The van der Waals surface area contributed by atoms with Gasteiger partial charge in [-0.25, -0.2) is 0 Å². The average Bonchev–Trinajstić information content (AvgIpc) is 3.92. The van der Waals surface area contributed by atoms with Gasteiger partial charge in [-0.1, -0.05) is 146 Å². The molecule has 0 radical (unpaired) electrons. The van der Waals surface area contributed by atoms with E-state index in [0.29, 0.717) is 5.92 Å². The predicted molar refractivity (Wildman–Crippen MR) is 248 cm³/mol. The Morgan fingerprint density at radius 1 is 0.700 bits per heavy atom. The summed E-state index contributed by atoms with van der Waals surface area (Å²) in [6.07, 6.45) is 16.3. The minimum Gasteiger partial charge on any atom is -0.456 e. The molecule has 0 amide bonds. The molecule has 2 heterocycles. The molecule has 60 heavy (non-hydrogen) atoms. The fraction of sp³-hybridized carbons (Fsp3) is 0.158. The number of anilines is 1. The first-order valence-corrected chi connectivity index (χ1v) is 21.6. The highest BCUT2D eigenvalue weighted by atomic mass is 16.3. The molecule has 12 rings (SSSR count). The van der Waals surface area contributed by atoms with E-state index in [1.165, 1.54) is 67.3 Å². The fourth-order valence-electron chi connectivity index (χ4n) is 11.3. The summed E-state index contributed by atoms with van der Waals surface area (Å²) in [6, 6.07) is 57.8. The summed E-state index contributed by atoms with van der Waals surface area (Å²) in [5.74, 6) is 0.482. The van der Waals surface area contributed by atoms with Crippen molar-refractivity contribution < 1.29 is 4.42 Å². The smallest absolute Gasteiger partial charge is 0.137 e. The van der Waals surface area contributed by atoms with Crippen LogP contribution in [0.4, 0.5) is 5.69 Å². The molecule has 290 valence electrons. The Morgan fingerprint density at radius 2 is 1.38 bits per heavy atom. The van der Waals surface area contributed by atoms with Crippen molar-refractivity contribution in [2.75, 3.05) is 4.90 Å². The van der Waals surface area contributed by atoms with Gasteiger partial charge in [0.25, 0.3) is 0 Å². The largest absolute Gasteiger partial charge is 0.456 e.